The van der Waals surface area contributed by atoms with Gasteiger partial charge in [0.05, 0.1) is 10.2 Å². The summed E-state index contributed by atoms with van der Waals surface area (Å²) in [6.45, 7) is 0.723. The number of anilines is 2. The Bertz CT molecular complexity index is 775. The smallest absolute Gasteiger partial charge is 0.222 e. The van der Waals surface area contributed by atoms with Crippen molar-refractivity contribution in [1.82, 2.24) is 19.7 Å². The van der Waals surface area contributed by atoms with Gasteiger partial charge < -0.3 is 10.2 Å². The van der Waals surface area contributed by atoms with Gasteiger partial charge in [0.1, 0.15) is 0 Å². The van der Waals surface area contributed by atoms with Crippen molar-refractivity contribution in [2.75, 3.05) is 19.4 Å². The van der Waals surface area contributed by atoms with Gasteiger partial charge in [-0.15, -0.1) is 0 Å². The molecule has 1 aromatic carbocycles. The van der Waals surface area contributed by atoms with Crippen molar-refractivity contribution in [2.24, 2.45) is 0 Å². The molecule has 0 saturated carbocycles. The molecule has 3 rings (SSSR count). The summed E-state index contributed by atoms with van der Waals surface area (Å²) in [5.74, 6) is 0.910. The number of rotatable bonds is 6. The third-order valence-corrected chi connectivity index (χ3v) is 4.40. The van der Waals surface area contributed by atoms with Crippen LogP contribution in [0.3, 0.4) is 0 Å². The zero-order valence-electron chi connectivity index (χ0n) is 13.2. The predicted molar refractivity (Wildman–Crippen MR) is 93.1 cm³/mol. The highest BCUT2D eigenvalue weighted by Gasteiger charge is 2.07. The number of carbonyl (C=O) groups is 1. The zero-order chi connectivity index (χ0) is 16.2. The first-order chi connectivity index (χ1) is 11.1. The van der Waals surface area contributed by atoms with E-state index in [9.17, 15) is 4.79 Å². The van der Waals surface area contributed by atoms with Crippen LogP contribution in [0.25, 0.3) is 10.2 Å². The molecule has 0 atom stereocenters. The van der Waals surface area contributed by atoms with Crippen LogP contribution in [0.1, 0.15) is 12.8 Å². The van der Waals surface area contributed by atoms with Crippen LogP contribution in [-0.4, -0.2) is 39.7 Å². The van der Waals surface area contributed by atoms with Gasteiger partial charge in [-0.05, 0) is 18.6 Å². The maximum atomic E-state index is 11.5. The van der Waals surface area contributed by atoms with E-state index in [-0.39, 0.29) is 5.91 Å². The lowest BCUT2D eigenvalue weighted by atomic mass is 10.3. The minimum absolute atomic E-state index is 0.144. The quantitative estimate of drug-likeness (QED) is 0.755. The van der Waals surface area contributed by atoms with Crippen molar-refractivity contribution in [1.29, 1.82) is 0 Å². The van der Waals surface area contributed by atoms with E-state index >= 15 is 0 Å². The van der Waals surface area contributed by atoms with Crippen LogP contribution < -0.4 is 5.32 Å². The van der Waals surface area contributed by atoms with Gasteiger partial charge in [-0.2, -0.15) is 5.10 Å². The number of hydrogen-bond donors (Lipinski definition) is 1. The highest BCUT2D eigenvalue weighted by molar-refractivity contribution is 7.22. The first kappa shape index (κ1) is 15.5. The lowest BCUT2D eigenvalue weighted by molar-refractivity contribution is -0.128. The Balaban J connectivity index is 1.57. The van der Waals surface area contributed by atoms with Crippen LogP contribution in [0, 0.1) is 0 Å². The molecule has 0 aliphatic carbocycles. The number of para-hydroxylation sites is 1. The first-order valence-corrected chi connectivity index (χ1v) is 8.30. The fourth-order valence-corrected chi connectivity index (χ4v) is 3.08. The summed E-state index contributed by atoms with van der Waals surface area (Å²) < 4.78 is 3.00. The van der Waals surface area contributed by atoms with Gasteiger partial charge in [0.25, 0.3) is 0 Å². The molecule has 0 fully saturated rings. The van der Waals surface area contributed by atoms with Gasteiger partial charge in [0.15, 0.2) is 10.9 Å². The summed E-state index contributed by atoms with van der Waals surface area (Å²) in [4.78, 5) is 17.7. The van der Waals surface area contributed by atoms with E-state index in [1.165, 1.54) is 0 Å². The molecule has 0 aliphatic heterocycles. The van der Waals surface area contributed by atoms with E-state index in [4.69, 9.17) is 0 Å². The second-order valence-electron chi connectivity index (χ2n) is 5.47. The maximum absolute atomic E-state index is 11.5. The Morgan fingerprint density at radius 3 is 2.91 bits per heavy atom. The van der Waals surface area contributed by atoms with Gasteiger partial charge >= 0.3 is 0 Å². The maximum Gasteiger partial charge on any atom is 0.222 e. The summed E-state index contributed by atoms with van der Waals surface area (Å²) in [5, 5.41) is 8.53. The van der Waals surface area contributed by atoms with Crippen molar-refractivity contribution in [3.8, 4) is 0 Å². The van der Waals surface area contributed by atoms with E-state index in [1.54, 1.807) is 30.3 Å². The molecule has 6 nitrogen and oxygen atoms in total. The number of hydrogen-bond acceptors (Lipinski definition) is 5. The van der Waals surface area contributed by atoms with E-state index in [2.05, 4.69) is 21.5 Å². The Labute approximate surface area is 138 Å². The SMILES string of the molecule is CN(C)C(=O)CCCn1ccc(Nc2nc3ccccc3s2)n1. The largest absolute Gasteiger partial charge is 0.349 e. The van der Waals surface area contributed by atoms with Gasteiger partial charge in [-0.3, -0.25) is 9.48 Å². The number of nitrogens with zero attached hydrogens (tertiary/aromatic N) is 4. The molecule has 1 N–H and O–H groups in total. The zero-order valence-corrected chi connectivity index (χ0v) is 14.0. The Kier molecular flexibility index (Phi) is 4.57. The Hall–Kier alpha value is -2.41. The molecule has 1 amide bonds. The standard InChI is InChI=1S/C16H19N5OS/c1-20(2)15(22)8-5-10-21-11-9-14(19-21)18-16-17-12-6-3-4-7-13(12)23-16/h3-4,6-7,9,11H,5,8,10H2,1-2H3,(H,17,18,19). The summed E-state index contributed by atoms with van der Waals surface area (Å²) in [5.41, 5.74) is 0.988. The number of carbonyl (C=O) groups excluding carboxylic acids is 1. The van der Waals surface area contributed by atoms with E-state index in [1.807, 2.05) is 35.1 Å². The second-order valence-corrected chi connectivity index (χ2v) is 6.50. The predicted octanol–water partition coefficient (Wildman–Crippen LogP) is 3.10. The van der Waals surface area contributed by atoms with Crippen LogP contribution in [-0.2, 0) is 11.3 Å². The monoisotopic (exact) mass is 329 g/mol. The third kappa shape index (κ3) is 3.87. The molecule has 120 valence electrons. The van der Waals surface area contributed by atoms with Gasteiger partial charge in [-0.1, -0.05) is 23.5 Å². The summed E-state index contributed by atoms with van der Waals surface area (Å²) in [7, 11) is 3.55. The molecule has 3 aromatic rings. The average molecular weight is 329 g/mol. The number of thiazole rings is 1. The first-order valence-electron chi connectivity index (χ1n) is 7.48. The van der Waals surface area contributed by atoms with Crippen LogP contribution in [0.5, 0.6) is 0 Å². The number of nitrogens with one attached hydrogen (secondary N) is 1. The number of amides is 1. The molecule has 0 radical (unpaired) electrons. The molecular weight excluding hydrogens is 310 g/mol. The van der Waals surface area contributed by atoms with Crippen molar-refractivity contribution in [2.45, 2.75) is 19.4 Å². The van der Waals surface area contributed by atoms with Crippen LogP contribution in [0.4, 0.5) is 10.9 Å². The highest BCUT2D eigenvalue weighted by Crippen LogP contribution is 2.27. The van der Waals surface area contributed by atoms with E-state index in [0.717, 1.165) is 34.1 Å². The lowest BCUT2D eigenvalue weighted by Gasteiger charge is -2.09. The van der Waals surface area contributed by atoms with Crippen molar-refractivity contribution in [3.63, 3.8) is 0 Å². The molecule has 23 heavy (non-hydrogen) atoms. The second kappa shape index (κ2) is 6.78. The Morgan fingerprint density at radius 1 is 1.30 bits per heavy atom. The van der Waals surface area contributed by atoms with Crippen molar-refractivity contribution < 1.29 is 4.79 Å². The molecular formula is C16H19N5OS. The summed E-state index contributed by atoms with van der Waals surface area (Å²) >= 11 is 1.60. The molecule has 0 bridgehead atoms. The molecule has 2 aromatic heterocycles. The van der Waals surface area contributed by atoms with Crippen molar-refractivity contribution >= 4 is 38.4 Å². The van der Waals surface area contributed by atoms with Gasteiger partial charge in [0, 0.05) is 39.3 Å². The fraction of sp³-hybridized carbons (Fsp3) is 0.312. The van der Waals surface area contributed by atoms with Crippen LogP contribution >= 0.6 is 11.3 Å². The van der Waals surface area contributed by atoms with E-state index < -0.39 is 0 Å². The molecule has 0 spiro atoms. The van der Waals surface area contributed by atoms with Crippen LogP contribution in [0.15, 0.2) is 36.5 Å². The normalized spacial score (nSPS) is 10.9. The van der Waals surface area contributed by atoms with E-state index in [0.29, 0.717) is 6.42 Å². The summed E-state index contributed by atoms with van der Waals surface area (Å²) in [6.07, 6.45) is 3.22. The molecule has 0 unspecified atom stereocenters. The summed E-state index contributed by atoms with van der Waals surface area (Å²) in [6, 6.07) is 9.96. The topological polar surface area (TPSA) is 63.1 Å². The number of aryl methyl sites for hydroxylation is 1. The van der Waals surface area contributed by atoms with Crippen molar-refractivity contribution in [3.05, 3.63) is 36.5 Å². The third-order valence-electron chi connectivity index (χ3n) is 3.45. The van der Waals surface area contributed by atoms with Gasteiger partial charge in [-0.25, -0.2) is 4.98 Å². The number of benzene rings is 1. The lowest BCUT2D eigenvalue weighted by Crippen LogP contribution is -2.21. The average Bonchev–Trinajstić information content (AvgIpc) is 3.13. The molecule has 0 aliphatic rings. The highest BCUT2D eigenvalue weighted by atomic mass is 32.1. The Morgan fingerprint density at radius 2 is 2.13 bits per heavy atom. The fourth-order valence-electron chi connectivity index (χ4n) is 2.20. The van der Waals surface area contributed by atoms with Gasteiger partial charge in [0.2, 0.25) is 5.91 Å². The minimum Gasteiger partial charge on any atom is -0.349 e. The number of aromatic nitrogens is 3. The molecule has 2 heterocycles. The minimum atomic E-state index is 0.144. The molecule has 7 heteroatoms. The number of fused-ring (bicyclic) bond motifs is 1. The molecule has 0 saturated heterocycles. The van der Waals surface area contributed by atoms with Crippen LogP contribution in [0.2, 0.25) is 0 Å².